The summed E-state index contributed by atoms with van der Waals surface area (Å²) in [6, 6.07) is 2.01. The maximum Gasteiger partial charge on any atom is 0.0638 e. The molecular weight excluding hydrogens is 212 g/mol. The average Bonchev–Trinajstić information content (AvgIpc) is 2.27. The van der Waals surface area contributed by atoms with Crippen molar-refractivity contribution in [2.24, 2.45) is 29.4 Å². The van der Waals surface area contributed by atoms with Crippen molar-refractivity contribution in [1.82, 2.24) is 0 Å². The second-order valence-corrected chi connectivity index (χ2v) is 6.35. The number of rotatable bonds is 4. The highest BCUT2D eigenvalue weighted by molar-refractivity contribution is 4.99. The Morgan fingerprint density at radius 1 is 1.12 bits per heavy atom. The van der Waals surface area contributed by atoms with E-state index >= 15 is 0 Å². The Kier molecular flexibility index (Phi) is 3.10. The molecule has 0 spiro atoms. The van der Waals surface area contributed by atoms with E-state index in [1.54, 1.807) is 0 Å². The van der Waals surface area contributed by atoms with E-state index in [0.717, 1.165) is 23.7 Å². The molecule has 0 aromatic rings. The molecule has 0 aromatic heterocycles. The summed E-state index contributed by atoms with van der Waals surface area (Å²) in [4.78, 5) is 0. The van der Waals surface area contributed by atoms with Crippen LogP contribution in [0, 0.1) is 35.0 Å². The highest BCUT2D eigenvalue weighted by Gasteiger charge is 2.48. The van der Waals surface area contributed by atoms with Crippen LogP contribution in [0.4, 0.5) is 0 Å². The van der Waals surface area contributed by atoms with E-state index < -0.39 is 0 Å². The van der Waals surface area contributed by atoms with E-state index in [2.05, 4.69) is 6.07 Å². The topological polar surface area (TPSA) is 59.0 Å². The molecule has 4 saturated carbocycles. The molecule has 4 bridgehead atoms. The molecule has 3 nitrogen and oxygen atoms in total. The van der Waals surface area contributed by atoms with E-state index in [4.69, 9.17) is 15.7 Å². The second-order valence-electron chi connectivity index (χ2n) is 6.35. The number of hydrogen-bond donors (Lipinski definition) is 1. The molecule has 4 aliphatic rings. The average molecular weight is 234 g/mol. The Morgan fingerprint density at radius 3 is 2.24 bits per heavy atom. The van der Waals surface area contributed by atoms with Crippen LogP contribution in [0.25, 0.3) is 0 Å². The van der Waals surface area contributed by atoms with Crippen LogP contribution in [0.1, 0.15) is 38.5 Å². The van der Waals surface area contributed by atoms with Crippen molar-refractivity contribution in [2.75, 3.05) is 6.61 Å². The molecule has 94 valence electrons. The maximum atomic E-state index is 8.59. The van der Waals surface area contributed by atoms with Gasteiger partial charge in [0.25, 0.3) is 0 Å². The van der Waals surface area contributed by atoms with E-state index in [0.29, 0.717) is 19.1 Å². The van der Waals surface area contributed by atoms with Crippen LogP contribution in [0.2, 0.25) is 0 Å². The lowest BCUT2D eigenvalue weighted by Crippen LogP contribution is -2.50. The molecule has 0 aromatic carbocycles. The summed E-state index contributed by atoms with van der Waals surface area (Å²) in [6.45, 7) is 0.570. The third kappa shape index (κ3) is 2.21. The zero-order valence-electron chi connectivity index (χ0n) is 10.3. The van der Waals surface area contributed by atoms with Gasteiger partial charge in [0.15, 0.2) is 0 Å². The summed E-state index contributed by atoms with van der Waals surface area (Å²) in [5.41, 5.74) is 5.84. The molecule has 1 atom stereocenters. The molecule has 1 unspecified atom stereocenters. The quantitative estimate of drug-likeness (QED) is 0.810. The predicted octanol–water partition coefficient (Wildman–Crippen LogP) is 2.07. The number of nitriles is 1. The summed E-state index contributed by atoms with van der Waals surface area (Å²) in [5.74, 6) is 3.57. The minimum Gasteiger partial charge on any atom is -0.376 e. The maximum absolute atomic E-state index is 8.59. The van der Waals surface area contributed by atoms with Crippen molar-refractivity contribution in [2.45, 2.75) is 50.7 Å². The van der Waals surface area contributed by atoms with Crippen LogP contribution in [0.5, 0.6) is 0 Å². The first-order chi connectivity index (χ1) is 8.26. The van der Waals surface area contributed by atoms with Crippen molar-refractivity contribution < 1.29 is 4.74 Å². The molecule has 17 heavy (non-hydrogen) atoms. The summed E-state index contributed by atoms with van der Waals surface area (Å²) in [5, 5.41) is 8.59. The normalized spacial score (nSPS) is 44.6. The first kappa shape index (κ1) is 11.5. The lowest BCUT2D eigenvalue weighted by Gasteiger charge is -2.54. The molecule has 0 amide bonds. The van der Waals surface area contributed by atoms with Gasteiger partial charge in [0.1, 0.15) is 0 Å². The highest BCUT2D eigenvalue weighted by atomic mass is 16.5. The van der Waals surface area contributed by atoms with Gasteiger partial charge in [0, 0.05) is 6.04 Å². The highest BCUT2D eigenvalue weighted by Crippen LogP contribution is 2.54. The fourth-order valence-electron chi connectivity index (χ4n) is 4.56. The van der Waals surface area contributed by atoms with Crippen LogP contribution < -0.4 is 5.73 Å². The summed E-state index contributed by atoms with van der Waals surface area (Å²) < 4.78 is 6.06. The van der Waals surface area contributed by atoms with Crippen LogP contribution in [-0.4, -0.2) is 18.8 Å². The van der Waals surface area contributed by atoms with Gasteiger partial charge in [-0.3, -0.25) is 0 Å². The Balaban J connectivity index is 1.56. The fraction of sp³-hybridized carbons (Fsp3) is 0.929. The first-order valence-electron chi connectivity index (χ1n) is 7.00. The van der Waals surface area contributed by atoms with Gasteiger partial charge in [-0.2, -0.15) is 5.26 Å². The molecule has 0 heterocycles. The van der Waals surface area contributed by atoms with Gasteiger partial charge in [-0.05, 0) is 55.8 Å². The number of nitrogens with zero attached hydrogens (tertiary/aromatic N) is 1. The van der Waals surface area contributed by atoms with Crippen LogP contribution >= 0.6 is 0 Å². The third-order valence-electron chi connectivity index (χ3n) is 5.00. The Hall–Kier alpha value is -0.590. The van der Waals surface area contributed by atoms with Crippen molar-refractivity contribution in [3.63, 3.8) is 0 Å². The van der Waals surface area contributed by atoms with E-state index in [1.807, 2.05) is 0 Å². The van der Waals surface area contributed by atoms with E-state index in [1.165, 1.54) is 32.1 Å². The lowest BCUT2D eigenvalue weighted by molar-refractivity contribution is -0.128. The molecule has 2 N–H and O–H groups in total. The summed E-state index contributed by atoms with van der Waals surface area (Å²) in [6.07, 6.45) is 7.86. The minimum atomic E-state index is -0.0998. The molecule has 4 rings (SSSR count). The monoisotopic (exact) mass is 234 g/mol. The Labute approximate surface area is 103 Å². The smallest absolute Gasteiger partial charge is 0.0638 e. The van der Waals surface area contributed by atoms with Crippen molar-refractivity contribution in [1.29, 1.82) is 5.26 Å². The van der Waals surface area contributed by atoms with Gasteiger partial charge >= 0.3 is 0 Å². The van der Waals surface area contributed by atoms with Crippen molar-refractivity contribution in [3.05, 3.63) is 0 Å². The third-order valence-corrected chi connectivity index (χ3v) is 5.00. The zero-order chi connectivity index (χ0) is 11.8. The first-order valence-corrected chi connectivity index (χ1v) is 7.00. The largest absolute Gasteiger partial charge is 0.376 e. The summed E-state index contributed by atoms with van der Waals surface area (Å²) in [7, 11) is 0. The summed E-state index contributed by atoms with van der Waals surface area (Å²) >= 11 is 0. The van der Waals surface area contributed by atoms with Gasteiger partial charge in [0.2, 0.25) is 0 Å². The van der Waals surface area contributed by atoms with Crippen LogP contribution in [0.15, 0.2) is 0 Å². The number of ether oxygens (including phenoxy) is 1. The molecule has 0 saturated heterocycles. The molecular formula is C14H22N2O. The van der Waals surface area contributed by atoms with E-state index in [-0.39, 0.29) is 6.04 Å². The standard InChI is InChI=1S/C14H22N2O/c15-2-1-13(16)8-17-14-11-4-9-3-10(6-11)7-12(14)5-9/h9-14H,1,3-8,16H2. The molecule has 0 aliphatic heterocycles. The zero-order valence-corrected chi connectivity index (χ0v) is 10.3. The van der Waals surface area contributed by atoms with Crippen molar-refractivity contribution >= 4 is 0 Å². The SMILES string of the molecule is N#CCC(N)COC1C2CC3CC(C2)CC1C3. The van der Waals surface area contributed by atoms with Crippen LogP contribution in [0.3, 0.4) is 0 Å². The number of nitrogens with two attached hydrogens (primary N) is 1. The molecule has 3 heteroatoms. The van der Waals surface area contributed by atoms with Gasteiger partial charge in [0.05, 0.1) is 25.2 Å². The van der Waals surface area contributed by atoms with Gasteiger partial charge in [-0.15, -0.1) is 0 Å². The molecule has 0 radical (unpaired) electrons. The minimum absolute atomic E-state index is 0.0998. The Morgan fingerprint density at radius 2 is 1.71 bits per heavy atom. The predicted molar refractivity (Wildman–Crippen MR) is 65.0 cm³/mol. The van der Waals surface area contributed by atoms with Gasteiger partial charge < -0.3 is 10.5 Å². The molecule has 4 fully saturated rings. The van der Waals surface area contributed by atoms with Gasteiger partial charge in [-0.25, -0.2) is 0 Å². The second kappa shape index (κ2) is 4.59. The lowest BCUT2D eigenvalue weighted by atomic mass is 9.55. The van der Waals surface area contributed by atoms with Crippen molar-refractivity contribution in [3.8, 4) is 6.07 Å². The van der Waals surface area contributed by atoms with Crippen LogP contribution in [-0.2, 0) is 4.74 Å². The fourth-order valence-corrected chi connectivity index (χ4v) is 4.56. The van der Waals surface area contributed by atoms with Gasteiger partial charge in [-0.1, -0.05) is 0 Å². The molecule has 4 aliphatic carbocycles. The Bertz CT molecular complexity index is 295. The van der Waals surface area contributed by atoms with E-state index in [9.17, 15) is 0 Å². The number of hydrogen-bond acceptors (Lipinski definition) is 3.